The summed E-state index contributed by atoms with van der Waals surface area (Å²) in [6, 6.07) is 10.8. The fraction of sp³-hybridized carbons (Fsp3) is 0.400. The summed E-state index contributed by atoms with van der Waals surface area (Å²) in [5.74, 6) is -5.89. The summed E-state index contributed by atoms with van der Waals surface area (Å²) in [4.78, 5) is 77.3. The summed E-state index contributed by atoms with van der Waals surface area (Å²) in [6.45, 7) is 7.17. The van der Waals surface area contributed by atoms with E-state index in [9.17, 15) is 33.9 Å². The van der Waals surface area contributed by atoms with Crippen molar-refractivity contribution in [3.63, 3.8) is 0 Å². The number of amides is 2. The van der Waals surface area contributed by atoms with Crippen molar-refractivity contribution in [2.45, 2.75) is 65.4 Å². The lowest BCUT2D eigenvalue weighted by atomic mass is 9.83. The van der Waals surface area contributed by atoms with E-state index < -0.39 is 71.0 Å². The van der Waals surface area contributed by atoms with E-state index in [4.69, 9.17) is 14.2 Å². The highest BCUT2D eigenvalue weighted by Crippen LogP contribution is 2.28. The molecule has 2 aromatic rings. The third kappa shape index (κ3) is 7.31. The first kappa shape index (κ1) is 31.8. The Balaban J connectivity index is 1.97. The SMILES string of the molecule is CC(C)[C@@H]1OC(=O)C(NC(=O)c2ccc(NC=O)cc2O)[C@@H](C)OC(=O)C(C)(C)C(=O)[C@@H](Cc2ccccc2)OC1=O. The number of hydrogen-bond donors (Lipinski definition) is 3. The second-order valence-electron chi connectivity index (χ2n) is 10.8. The molecule has 2 amide bonds. The third-order valence-corrected chi connectivity index (χ3v) is 6.79. The minimum Gasteiger partial charge on any atom is -0.507 e. The van der Waals surface area contributed by atoms with Gasteiger partial charge in [-0.1, -0.05) is 44.2 Å². The Kier molecular flexibility index (Phi) is 10.1. The highest BCUT2D eigenvalue weighted by atomic mass is 16.6. The van der Waals surface area contributed by atoms with Crippen LogP contribution in [0.4, 0.5) is 5.69 Å². The van der Waals surface area contributed by atoms with Crippen LogP contribution in [-0.4, -0.2) is 65.5 Å². The molecule has 12 nitrogen and oxygen atoms in total. The number of carbonyl (C=O) groups excluding carboxylic acids is 6. The molecule has 3 rings (SSSR count). The molecule has 12 heteroatoms. The normalized spacial score (nSPS) is 23.0. The van der Waals surface area contributed by atoms with E-state index in [-0.39, 0.29) is 17.7 Å². The minimum atomic E-state index is -1.81. The van der Waals surface area contributed by atoms with E-state index in [0.717, 1.165) is 6.07 Å². The van der Waals surface area contributed by atoms with Crippen LogP contribution in [0, 0.1) is 11.3 Å². The molecule has 2 aromatic carbocycles. The van der Waals surface area contributed by atoms with Gasteiger partial charge in [0.2, 0.25) is 12.5 Å². The molecule has 3 N–H and O–H groups in total. The molecule has 224 valence electrons. The van der Waals surface area contributed by atoms with Crippen molar-refractivity contribution in [3.8, 4) is 5.75 Å². The Bertz CT molecular complexity index is 1360. The van der Waals surface area contributed by atoms with E-state index in [2.05, 4.69) is 10.6 Å². The molecule has 0 aromatic heterocycles. The molecule has 0 spiro atoms. The molecule has 4 atom stereocenters. The van der Waals surface area contributed by atoms with E-state index in [0.29, 0.717) is 12.0 Å². The average molecular weight is 583 g/mol. The first-order valence-electron chi connectivity index (χ1n) is 13.3. The topological polar surface area (TPSA) is 174 Å². The third-order valence-electron chi connectivity index (χ3n) is 6.79. The second-order valence-corrected chi connectivity index (χ2v) is 10.8. The van der Waals surface area contributed by atoms with Crippen molar-refractivity contribution in [3.05, 3.63) is 59.7 Å². The Morgan fingerprint density at radius 1 is 1.00 bits per heavy atom. The number of ketones is 1. The predicted octanol–water partition coefficient (Wildman–Crippen LogP) is 2.32. The second kappa shape index (κ2) is 13.3. The number of hydrogen-bond acceptors (Lipinski definition) is 10. The van der Waals surface area contributed by atoms with Crippen LogP contribution >= 0.6 is 0 Å². The van der Waals surface area contributed by atoms with Gasteiger partial charge in [0.25, 0.3) is 5.91 Å². The van der Waals surface area contributed by atoms with E-state index in [1.54, 1.807) is 44.2 Å². The van der Waals surface area contributed by atoms with Gasteiger partial charge in [0, 0.05) is 24.1 Å². The van der Waals surface area contributed by atoms with E-state index in [1.165, 1.54) is 32.9 Å². The van der Waals surface area contributed by atoms with E-state index >= 15 is 0 Å². The van der Waals surface area contributed by atoms with Gasteiger partial charge in [-0.15, -0.1) is 0 Å². The quantitative estimate of drug-likeness (QED) is 0.190. The lowest BCUT2D eigenvalue weighted by Gasteiger charge is -2.33. The number of esters is 3. The number of ether oxygens (including phenoxy) is 3. The average Bonchev–Trinajstić information content (AvgIpc) is 2.93. The summed E-state index contributed by atoms with van der Waals surface area (Å²) >= 11 is 0. The smallest absolute Gasteiger partial charge is 0.348 e. The van der Waals surface area contributed by atoms with Crippen molar-refractivity contribution in [2.75, 3.05) is 5.32 Å². The summed E-state index contributed by atoms with van der Waals surface area (Å²) in [7, 11) is 0. The van der Waals surface area contributed by atoms with Crippen LogP contribution in [-0.2, 0) is 44.6 Å². The lowest BCUT2D eigenvalue weighted by Crippen LogP contribution is -2.54. The fourth-order valence-corrected chi connectivity index (χ4v) is 4.23. The lowest BCUT2D eigenvalue weighted by molar-refractivity contribution is -0.185. The van der Waals surface area contributed by atoms with Gasteiger partial charge < -0.3 is 30.0 Å². The number of carbonyl (C=O) groups is 6. The molecule has 1 aliphatic rings. The number of nitrogens with one attached hydrogen (secondary N) is 2. The van der Waals surface area contributed by atoms with Gasteiger partial charge in [-0.2, -0.15) is 0 Å². The first-order valence-corrected chi connectivity index (χ1v) is 13.3. The van der Waals surface area contributed by atoms with Crippen molar-refractivity contribution in [1.82, 2.24) is 5.32 Å². The summed E-state index contributed by atoms with van der Waals surface area (Å²) in [6.07, 6.45) is -3.85. The Morgan fingerprint density at radius 3 is 2.26 bits per heavy atom. The number of Topliss-reactive ketones (excluding diaryl/α,β-unsaturated/α-hetero) is 1. The number of aromatic hydroxyl groups is 1. The van der Waals surface area contributed by atoms with Crippen molar-refractivity contribution in [1.29, 1.82) is 0 Å². The molecule has 0 aliphatic carbocycles. The molecule has 0 saturated carbocycles. The largest absolute Gasteiger partial charge is 0.507 e. The monoisotopic (exact) mass is 582 g/mol. The van der Waals surface area contributed by atoms with Crippen LogP contribution in [0.2, 0.25) is 0 Å². The van der Waals surface area contributed by atoms with E-state index in [1.807, 2.05) is 0 Å². The highest BCUT2D eigenvalue weighted by Gasteiger charge is 2.47. The Labute approximate surface area is 242 Å². The standard InChI is InChI=1S/C30H34N2O10/c1-16(2)24-28(38)41-22(13-18-9-7-6-8-10-18)25(35)30(4,5)29(39)40-17(3)23(27(37)42-24)32-26(36)20-12-11-19(31-15-33)14-21(20)34/h6-12,14-17,22-24,34H,13H2,1-5H3,(H,31,33)(H,32,36)/t17-,22-,23?,24+/m1/s1. The van der Waals surface area contributed by atoms with Gasteiger partial charge in [0.05, 0.1) is 5.56 Å². The summed E-state index contributed by atoms with van der Waals surface area (Å²) in [5.41, 5.74) is -1.18. The first-order chi connectivity index (χ1) is 19.8. The maximum Gasteiger partial charge on any atom is 0.348 e. The minimum absolute atomic E-state index is 0.0280. The number of rotatable bonds is 7. The maximum absolute atomic E-state index is 13.6. The molecule has 42 heavy (non-hydrogen) atoms. The highest BCUT2D eigenvalue weighted by molar-refractivity contribution is 6.06. The molecule has 1 aliphatic heterocycles. The zero-order valence-corrected chi connectivity index (χ0v) is 23.9. The number of phenolic OH excluding ortho intramolecular Hbond substituents is 1. The molecular formula is C30H34N2O10. The van der Waals surface area contributed by atoms with Crippen molar-refractivity contribution >= 4 is 41.7 Å². The number of cyclic esters (lactones) is 3. The Hall–Kier alpha value is -4.74. The van der Waals surface area contributed by atoms with Gasteiger partial charge in [0.1, 0.15) is 17.3 Å². The van der Waals surface area contributed by atoms with Crippen LogP contribution in [0.15, 0.2) is 48.5 Å². The fourth-order valence-electron chi connectivity index (χ4n) is 4.23. The summed E-state index contributed by atoms with van der Waals surface area (Å²) < 4.78 is 16.6. The molecule has 0 bridgehead atoms. The van der Waals surface area contributed by atoms with Crippen LogP contribution in [0.5, 0.6) is 5.75 Å². The Morgan fingerprint density at radius 2 is 1.67 bits per heavy atom. The molecule has 1 unspecified atom stereocenters. The van der Waals surface area contributed by atoms with Gasteiger partial charge in [-0.25, -0.2) is 9.59 Å². The zero-order valence-electron chi connectivity index (χ0n) is 23.9. The van der Waals surface area contributed by atoms with Gasteiger partial charge >= 0.3 is 17.9 Å². The zero-order chi connectivity index (χ0) is 31.2. The number of benzene rings is 2. The number of anilines is 1. The van der Waals surface area contributed by atoms with Gasteiger partial charge in [-0.3, -0.25) is 19.2 Å². The van der Waals surface area contributed by atoms with Gasteiger partial charge in [-0.05, 0) is 38.5 Å². The molecule has 1 saturated heterocycles. The van der Waals surface area contributed by atoms with Crippen molar-refractivity contribution < 1.29 is 48.1 Å². The van der Waals surface area contributed by atoms with Gasteiger partial charge in [0.15, 0.2) is 17.9 Å². The molecule has 1 heterocycles. The van der Waals surface area contributed by atoms with Crippen LogP contribution in [0.1, 0.15) is 50.5 Å². The van der Waals surface area contributed by atoms with Crippen LogP contribution < -0.4 is 10.6 Å². The van der Waals surface area contributed by atoms with Crippen LogP contribution in [0.25, 0.3) is 0 Å². The summed E-state index contributed by atoms with van der Waals surface area (Å²) in [5, 5.41) is 15.0. The van der Waals surface area contributed by atoms with Crippen LogP contribution in [0.3, 0.4) is 0 Å². The maximum atomic E-state index is 13.6. The number of phenols is 1. The molecule has 0 radical (unpaired) electrons. The predicted molar refractivity (Wildman–Crippen MR) is 148 cm³/mol. The van der Waals surface area contributed by atoms with Crippen molar-refractivity contribution in [2.24, 2.45) is 11.3 Å². The molecular weight excluding hydrogens is 548 g/mol. The molecule has 1 fully saturated rings.